The Labute approximate surface area is 190 Å². The molecule has 0 aliphatic heterocycles. The fourth-order valence-electron chi connectivity index (χ4n) is 3.95. The number of hydrogen-bond donors (Lipinski definition) is 2. The number of amides is 2. The topological polar surface area (TPSA) is 81.4 Å². The maximum atomic E-state index is 13.2. The van der Waals surface area contributed by atoms with Crippen LogP contribution in [0.1, 0.15) is 92.8 Å². The van der Waals surface area contributed by atoms with Gasteiger partial charge in [-0.15, -0.1) is 11.3 Å². The second kappa shape index (κ2) is 10.8. The minimum atomic E-state index is -0.507. The summed E-state index contributed by atoms with van der Waals surface area (Å²) in [6.45, 7) is 10.5. The van der Waals surface area contributed by atoms with Gasteiger partial charge < -0.3 is 15.8 Å². The standard InChI is InChI=1S/C25H36N2O3S/c1-7-8-9-10-17(22-16(2)15-31-24(22)30-6)14-21(28)27-20-13-18(23(26)29)11-12-19(20)25(3,4)5/h11-13,15,17H,7-10,14H2,1-6H3,(H2,26,29)(H,27,28). The summed E-state index contributed by atoms with van der Waals surface area (Å²) in [5.74, 6) is -0.488. The number of nitrogens with two attached hydrogens (primary N) is 1. The Morgan fingerprint density at radius 2 is 1.94 bits per heavy atom. The van der Waals surface area contributed by atoms with E-state index >= 15 is 0 Å². The highest BCUT2D eigenvalue weighted by atomic mass is 32.1. The SMILES string of the molecule is CCCCCC(CC(=O)Nc1cc(C(N)=O)ccc1C(C)(C)C)c1c(C)csc1OC. The summed E-state index contributed by atoms with van der Waals surface area (Å²) in [7, 11) is 1.68. The number of primary amides is 1. The van der Waals surface area contributed by atoms with E-state index < -0.39 is 5.91 Å². The van der Waals surface area contributed by atoms with Crippen LogP contribution in [0.25, 0.3) is 0 Å². The number of rotatable bonds is 10. The van der Waals surface area contributed by atoms with Gasteiger partial charge in [-0.05, 0) is 53.3 Å². The monoisotopic (exact) mass is 444 g/mol. The number of carbonyl (C=O) groups excluding carboxylic acids is 2. The Balaban J connectivity index is 2.31. The lowest BCUT2D eigenvalue weighted by molar-refractivity contribution is -0.116. The van der Waals surface area contributed by atoms with Gasteiger partial charge >= 0.3 is 0 Å². The summed E-state index contributed by atoms with van der Waals surface area (Å²) in [5, 5.41) is 6.05. The molecule has 0 saturated carbocycles. The predicted octanol–water partition coefficient (Wildman–Crippen LogP) is 6.15. The third kappa shape index (κ3) is 6.57. The molecule has 0 saturated heterocycles. The molecule has 0 spiro atoms. The molecule has 2 amide bonds. The molecule has 170 valence electrons. The summed E-state index contributed by atoms with van der Waals surface area (Å²) in [4.78, 5) is 24.8. The number of unbranched alkanes of at least 4 members (excludes halogenated alkanes) is 2. The van der Waals surface area contributed by atoms with Crippen molar-refractivity contribution in [2.24, 2.45) is 5.73 Å². The molecule has 0 radical (unpaired) electrons. The van der Waals surface area contributed by atoms with Gasteiger partial charge in [-0.1, -0.05) is 53.0 Å². The maximum absolute atomic E-state index is 13.2. The Hall–Kier alpha value is -2.34. The van der Waals surface area contributed by atoms with Crippen LogP contribution in [0.2, 0.25) is 0 Å². The highest BCUT2D eigenvalue weighted by Gasteiger charge is 2.25. The van der Waals surface area contributed by atoms with Gasteiger partial charge in [0.25, 0.3) is 0 Å². The number of carbonyl (C=O) groups is 2. The van der Waals surface area contributed by atoms with Gasteiger partial charge in [-0.2, -0.15) is 0 Å². The molecule has 0 bridgehead atoms. The fourth-order valence-corrected chi connectivity index (χ4v) is 4.91. The average Bonchev–Trinajstić information content (AvgIpc) is 3.06. The minimum absolute atomic E-state index is 0.0683. The molecule has 0 fully saturated rings. The molecule has 31 heavy (non-hydrogen) atoms. The summed E-state index contributed by atoms with van der Waals surface area (Å²) in [5.41, 5.74) is 9.60. The van der Waals surface area contributed by atoms with E-state index in [1.54, 1.807) is 30.6 Å². The molecule has 3 N–H and O–H groups in total. The molecule has 1 atom stereocenters. The zero-order valence-corrected chi connectivity index (χ0v) is 20.4. The third-order valence-electron chi connectivity index (χ3n) is 5.56. The Morgan fingerprint density at radius 1 is 1.23 bits per heavy atom. The zero-order valence-electron chi connectivity index (χ0n) is 19.6. The van der Waals surface area contributed by atoms with Crippen LogP contribution in [0, 0.1) is 6.92 Å². The molecular formula is C25H36N2O3S. The summed E-state index contributed by atoms with van der Waals surface area (Å²) in [6, 6.07) is 5.27. The van der Waals surface area contributed by atoms with Gasteiger partial charge in [0, 0.05) is 23.2 Å². The number of benzene rings is 1. The minimum Gasteiger partial charge on any atom is -0.487 e. The molecule has 6 heteroatoms. The van der Waals surface area contributed by atoms with Gasteiger partial charge in [0.15, 0.2) is 5.06 Å². The third-order valence-corrected chi connectivity index (χ3v) is 6.63. The molecule has 1 aromatic carbocycles. The molecule has 1 unspecified atom stereocenters. The number of anilines is 1. The number of nitrogens with one attached hydrogen (secondary N) is 1. The maximum Gasteiger partial charge on any atom is 0.248 e. The van der Waals surface area contributed by atoms with Crippen molar-refractivity contribution < 1.29 is 14.3 Å². The molecule has 2 aromatic rings. The van der Waals surface area contributed by atoms with E-state index in [0.29, 0.717) is 17.7 Å². The summed E-state index contributed by atoms with van der Waals surface area (Å²) in [6.07, 6.45) is 4.63. The van der Waals surface area contributed by atoms with Crippen LogP contribution in [-0.2, 0) is 10.2 Å². The molecule has 1 aromatic heterocycles. The van der Waals surface area contributed by atoms with Crippen LogP contribution in [0.15, 0.2) is 23.6 Å². The number of hydrogen-bond acceptors (Lipinski definition) is 4. The van der Waals surface area contributed by atoms with E-state index in [2.05, 4.69) is 45.3 Å². The summed E-state index contributed by atoms with van der Waals surface area (Å²) < 4.78 is 5.59. The van der Waals surface area contributed by atoms with Crippen LogP contribution in [0.4, 0.5) is 5.69 Å². The van der Waals surface area contributed by atoms with Crippen LogP contribution in [-0.4, -0.2) is 18.9 Å². The Morgan fingerprint density at radius 3 is 2.52 bits per heavy atom. The average molecular weight is 445 g/mol. The van der Waals surface area contributed by atoms with Crippen molar-refractivity contribution in [3.8, 4) is 5.06 Å². The second-order valence-electron chi connectivity index (χ2n) is 9.14. The Kier molecular flexibility index (Phi) is 8.69. The van der Waals surface area contributed by atoms with E-state index in [-0.39, 0.29) is 17.2 Å². The van der Waals surface area contributed by atoms with Gasteiger partial charge in [-0.25, -0.2) is 0 Å². The molecule has 0 aliphatic carbocycles. The largest absolute Gasteiger partial charge is 0.487 e. The highest BCUT2D eigenvalue weighted by Crippen LogP contribution is 2.40. The lowest BCUT2D eigenvalue weighted by Gasteiger charge is -2.24. The first kappa shape index (κ1) is 24.9. The smallest absolute Gasteiger partial charge is 0.248 e. The van der Waals surface area contributed by atoms with Crippen molar-refractivity contribution in [3.05, 3.63) is 45.8 Å². The highest BCUT2D eigenvalue weighted by molar-refractivity contribution is 7.12. The van der Waals surface area contributed by atoms with Gasteiger partial charge in [0.05, 0.1) is 7.11 Å². The molecule has 0 aliphatic rings. The van der Waals surface area contributed by atoms with E-state index in [1.807, 2.05) is 6.07 Å². The first-order chi connectivity index (χ1) is 14.6. The quantitative estimate of drug-likeness (QED) is 0.431. The Bertz CT molecular complexity index is 912. The van der Waals surface area contributed by atoms with Crippen molar-refractivity contribution >= 4 is 28.8 Å². The van der Waals surface area contributed by atoms with Gasteiger partial charge in [0.1, 0.15) is 0 Å². The van der Waals surface area contributed by atoms with E-state index in [0.717, 1.165) is 41.9 Å². The first-order valence-corrected chi connectivity index (χ1v) is 11.8. The molecule has 1 heterocycles. The zero-order chi connectivity index (χ0) is 23.2. The van der Waals surface area contributed by atoms with Crippen LogP contribution >= 0.6 is 11.3 Å². The molecule has 2 rings (SSSR count). The van der Waals surface area contributed by atoms with Crippen molar-refractivity contribution in [2.75, 3.05) is 12.4 Å². The van der Waals surface area contributed by atoms with Crippen molar-refractivity contribution in [1.82, 2.24) is 0 Å². The molecular weight excluding hydrogens is 408 g/mol. The normalized spacial score (nSPS) is 12.5. The number of thiophene rings is 1. The van der Waals surface area contributed by atoms with Crippen molar-refractivity contribution in [1.29, 1.82) is 0 Å². The van der Waals surface area contributed by atoms with Gasteiger partial charge in [-0.3, -0.25) is 9.59 Å². The molecule has 5 nitrogen and oxygen atoms in total. The van der Waals surface area contributed by atoms with E-state index in [9.17, 15) is 9.59 Å². The van der Waals surface area contributed by atoms with E-state index in [4.69, 9.17) is 10.5 Å². The van der Waals surface area contributed by atoms with Crippen LogP contribution in [0.5, 0.6) is 5.06 Å². The number of ether oxygens (including phenoxy) is 1. The first-order valence-electron chi connectivity index (χ1n) is 10.9. The van der Waals surface area contributed by atoms with E-state index in [1.165, 1.54) is 5.56 Å². The number of methoxy groups -OCH3 is 1. The van der Waals surface area contributed by atoms with Gasteiger partial charge in [0.2, 0.25) is 11.8 Å². The lowest BCUT2D eigenvalue weighted by Crippen LogP contribution is -2.22. The van der Waals surface area contributed by atoms with Crippen LogP contribution < -0.4 is 15.8 Å². The lowest BCUT2D eigenvalue weighted by atomic mass is 9.84. The van der Waals surface area contributed by atoms with Crippen LogP contribution in [0.3, 0.4) is 0 Å². The second-order valence-corrected chi connectivity index (χ2v) is 9.99. The summed E-state index contributed by atoms with van der Waals surface area (Å²) >= 11 is 1.58. The predicted molar refractivity (Wildman–Crippen MR) is 129 cm³/mol. The number of aryl methyl sites for hydroxylation is 1. The fraction of sp³-hybridized carbons (Fsp3) is 0.520. The van der Waals surface area contributed by atoms with Crippen molar-refractivity contribution in [2.45, 2.75) is 78.1 Å². The van der Waals surface area contributed by atoms with Crippen molar-refractivity contribution in [3.63, 3.8) is 0 Å².